The van der Waals surface area contributed by atoms with Crippen molar-refractivity contribution in [2.45, 2.75) is 25.4 Å². The number of carboxylic acid groups (broad SMARTS) is 2. The van der Waals surface area contributed by atoms with Gasteiger partial charge < -0.3 is 25.5 Å². The third-order valence-corrected chi connectivity index (χ3v) is 4.25. The molecule has 3 N–H and O–H groups in total. The summed E-state index contributed by atoms with van der Waals surface area (Å²) >= 11 is 0. The molecule has 15 heteroatoms. The quantitative estimate of drug-likeness (QED) is 0.399. The Morgan fingerprint density at radius 3 is 2.14 bits per heavy atom. The van der Waals surface area contributed by atoms with Gasteiger partial charge in [0, 0.05) is 24.0 Å². The monoisotopic (exact) mass is 510 g/mol. The number of benzene rings is 1. The van der Waals surface area contributed by atoms with Crippen LogP contribution in [-0.4, -0.2) is 46.1 Å². The van der Waals surface area contributed by atoms with Crippen LogP contribution in [0.2, 0.25) is 0 Å². The first-order valence-electron chi connectivity index (χ1n) is 9.35. The van der Waals surface area contributed by atoms with Crippen LogP contribution in [0.1, 0.15) is 11.4 Å². The van der Waals surface area contributed by atoms with Crippen LogP contribution in [0, 0.1) is 0 Å². The summed E-state index contributed by atoms with van der Waals surface area (Å²) in [6, 6.07) is 10.1. The lowest BCUT2D eigenvalue weighted by molar-refractivity contribution is -0.654. The number of carboxylic acids is 2. The summed E-state index contributed by atoms with van der Waals surface area (Å²) in [5.41, 5.74) is 9.35. The topological polar surface area (TPSA) is 134 Å². The van der Waals surface area contributed by atoms with Crippen LogP contribution in [0.3, 0.4) is 0 Å². The fourth-order valence-electron chi connectivity index (χ4n) is 2.69. The Kier molecular flexibility index (Phi) is 10.0. The molecular formula is C20H20F6N4O5. The lowest BCUT2D eigenvalue weighted by atomic mass is 10.2. The van der Waals surface area contributed by atoms with E-state index in [0.29, 0.717) is 6.54 Å². The predicted molar refractivity (Wildman–Crippen MR) is 106 cm³/mol. The minimum Gasteiger partial charge on any atom is -0.542 e. The summed E-state index contributed by atoms with van der Waals surface area (Å²) < 4.78 is 73.0. The molecule has 9 nitrogen and oxygen atoms in total. The van der Waals surface area contributed by atoms with E-state index >= 15 is 0 Å². The van der Waals surface area contributed by atoms with Gasteiger partial charge in [-0.3, -0.25) is 4.98 Å². The van der Waals surface area contributed by atoms with Crippen LogP contribution in [-0.2, 0) is 29.7 Å². The first kappa shape index (κ1) is 29.2. The maximum absolute atomic E-state index is 10.6. The van der Waals surface area contributed by atoms with Gasteiger partial charge in [0.05, 0.1) is 20.7 Å². The normalized spacial score (nSPS) is 11.1. The lowest BCUT2D eigenvalue weighted by Gasteiger charge is -2.03. The second-order valence-corrected chi connectivity index (χ2v) is 6.57. The third kappa shape index (κ3) is 8.44. The molecule has 3 rings (SSSR count). The standard InChI is InChI=1S/C16H19N4O.2C2HF3O2/c1-19-14-6-5-13(21-2)8-15(14)20(16(19)9-17)11-12-4-3-7-18-10-12;2*3-2(4,5)1(6)7/h3-8,10H,9,11,17H2,1-2H3;2*(H,6,7)/q+1;;/p-1. The number of aryl methyl sites for hydroxylation is 1. The third-order valence-electron chi connectivity index (χ3n) is 4.25. The van der Waals surface area contributed by atoms with Crippen molar-refractivity contribution in [2.75, 3.05) is 7.11 Å². The van der Waals surface area contributed by atoms with Crippen molar-refractivity contribution >= 4 is 23.0 Å². The van der Waals surface area contributed by atoms with E-state index in [-0.39, 0.29) is 0 Å². The number of hydrogen-bond donors (Lipinski definition) is 2. The average molecular weight is 510 g/mol. The lowest BCUT2D eigenvalue weighted by Crippen LogP contribution is -2.37. The highest BCUT2D eigenvalue weighted by atomic mass is 19.4. The fraction of sp³-hybridized carbons (Fsp3) is 0.300. The first-order chi connectivity index (χ1) is 16.1. The molecular weight excluding hydrogens is 490 g/mol. The van der Waals surface area contributed by atoms with E-state index in [0.717, 1.165) is 34.7 Å². The molecule has 0 spiro atoms. The largest absolute Gasteiger partial charge is 0.542 e. The number of alkyl halides is 6. The molecule has 0 atom stereocenters. The molecule has 0 aliphatic carbocycles. The molecule has 0 radical (unpaired) electrons. The van der Waals surface area contributed by atoms with Crippen molar-refractivity contribution in [3.63, 3.8) is 0 Å². The molecule has 0 fully saturated rings. The molecule has 0 saturated heterocycles. The molecule has 0 aliphatic rings. The van der Waals surface area contributed by atoms with Crippen molar-refractivity contribution in [3.8, 4) is 5.75 Å². The number of rotatable bonds is 4. The van der Waals surface area contributed by atoms with Gasteiger partial charge in [0.2, 0.25) is 0 Å². The molecule has 2 aromatic heterocycles. The number of aliphatic carboxylic acids is 2. The Morgan fingerprint density at radius 2 is 1.74 bits per heavy atom. The smallest absolute Gasteiger partial charge is 0.490 e. The number of pyridine rings is 1. The molecule has 1 aromatic carbocycles. The number of aromatic nitrogens is 3. The van der Waals surface area contributed by atoms with Gasteiger partial charge in [-0.1, -0.05) is 6.07 Å². The maximum atomic E-state index is 10.6. The fourth-order valence-corrected chi connectivity index (χ4v) is 2.69. The summed E-state index contributed by atoms with van der Waals surface area (Å²) in [5.74, 6) is -3.85. The van der Waals surface area contributed by atoms with Crippen LogP contribution >= 0.6 is 0 Å². The number of halogens is 6. The second-order valence-electron chi connectivity index (χ2n) is 6.57. The van der Waals surface area contributed by atoms with Crippen molar-refractivity contribution in [2.24, 2.45) is 12.8 Å². The Balaban J connectivity index is 0.000000362. The molecule has 0 amide bonds. The minimum absolute atomic E-state index is 0.480. The van der Waals surface area contributed by atoms with Crippen LogP contribution < -0.4 is 20.1 Å². The number of nitrogens with zero attached hydrogens (tertiary/aromatic N) is 3. The highest BCUT2D eigenvalue weighted by molar-refractivity contribution is 5.74. The molecule has 0 bridgehead atoms. The van der Waals surface area contributed by atoms with Gasteiger partial charge in [-0.05, 0) is 18.2 Å². The Labute approximate surface area is 194 Å². The highest BCUT2D eigenvalue weighted by Gasteiger charge is 2.38. The van der Waals surface area contributed by atoms with Gasteiger partial charge >= 0.3 is 18.3 Å². The van der Waals surface area contributed by atoms with E-state index in [4.69, 9.17) is 30.3 Å². The number of hydrogen-bond acceptors (Lipinski definition) is 6. The highest BCUT2D eigenvalue weighted by Crippen LogP contribution is 2.21. The van der Waals surface area contributed by atoms with Gasteiger partial charge in [0.1, 0.15) is 18.3 Å². The molecule has 0 unspecified atom stereocenters. The van der Waals surface area contributed by atoms with Crippen LogP contribution in [0.5, 0.6) is 5.75 Å². The number of carbonyl (C=O) groups excluding carboxylic acids is 1. The molecule has 0 aliphatic heterocycles. The van der Waals surface area contributed by atoms with Crippen molar-refractivity contribution < 1.29 is 55.4 Å². The molecule has 35 heavy (non-hydrogen) atoms. The number of fused-ring (bicyclic) bond motifs is 1. The van der Waals surface area contributed by atoms with Gasteiger partial charge in [-0.15, -0.1) is 0 Å². The minimum atomic E-state index is -5.19. The van der Waals surface area contributed by atoms with E-state index in [2.05, 4.69) is 26.3 Å². The number of methoxy groups -OCH3 is 1. The summed E-state index contributed by atoms with van der Waals surface area (Å²) in [4.78, 5) is 21.9. The van der Waals surface area contributed by atoms with Gasteiger partial charge in [0.25, 0.3) is 5.82 Å². The van der Waals surface area contributed by atoms with E-state index in [9.17, 15) is 26.3 Å². The summed E-state index contributed by atoms with van der Waals surface area (Å²) in [5, 5.41) is 15.9. The average Bonchev–Trinajstić information content (AvgIpc) is 3.04. The number of nitrogens with two attached hydrogens (primary N) is 1. The van der Waals surface area contributed by atoms with Crippen molar-refractivity contribution in [1.29, 1.82) is 0 Å². The second kappa shape index (κ2) is 12.0. The summed E-state index contributed by atoms with van der Waals surface area (Å²) in [6.45, 7) is 1.22. The SMILES string of the molecule is COc1ccc2c(c1)n(Cc1cccnc1)c(CN)[n+]2C.O=C(O)C(F)(F)F.O=C([O-])C(F)(F)F. The van der Waals surface area contributed by atoms with Gasteiger partial charge in [-0.25, -0.2) is 13.9 Å². The number of imidazole rings is 1. The molecule has 3 aromatic rings. The van der Waals surface area contributed by atoms with E-state index < -0.39 is 24.3 Å². The molecule has 192 valence electrons. The Morgan fingerprint density at radius 1 is 1.17 bits per heavy atom. The summed E-state index contributed by atoms with van der Waals surface area (Å²) in [7, 11) is 3.72. The first-order valence-corrected chi connectivity index (χ1v) is 9.35. The Hall–Kier alpha value is -3.88. The van der Waals surface area contributed by atoms with E-state index in [1.807, 2.05) is 31.4 Å². The van der Waals surface area contributed by atoms with E-state index in [1.165, 1.54) is 0 Å². The van der Waals surface area contributed by atoms with E-state index in [1.54, 1.807) is 13.3 Å². The van der Waals surface area contributed by atoms with Crippen molar-refractivity contribution in [1.82, 2.24) is 9.55 Å². The zero-order chi connectivity index (χ0) is 27.0. The summed E-state index contributed by atoms with van der Waals surface area (Å²) in [6.07, 6.45) is -6.61. The van der Waals surface area contributed by atoms with Crippen molar-refractivity contribution in [3.05, 3.63) is 54.1 Å². The molecule has 2 heterocycles. The molecule has 0 saturated carbocycles. The van der Waals surface area contributed by atoms with Gasteiger partial charge in [0.15, 0.2) is 11.0 Å². The van der Waals surface area contributed by atoms with Crippen LogP contribution in [0.25, 0.3) is 11.0 Å². The zero-order valence-corrected chi connectivity index (χ0v) is 18.2. The zero-order valence-electron chi connectivity index (χ0n) is 18.2. The van der Waals surface area contributed by atoms with Gasteiger partial charge in [-0.2, -0.15) is 26.3 Å². The Bertz CT molecular complexity index is 1120. The number of ether oxygens (including phenoxy) is 1. The van der Waals surface area contributed by atoms with Crippen LogP contribution in [0.4, 0.5) is 26.3 Å². The maximum Gasteiger partial charge on any atom is 0.490 e. The predicted octanol–water partition coefficient (Wildman–Crippen LogP) is 1.31. The number of carbonyl (C=O) groups is 2. The van der Waals surface area contributed by atoms with Crippen LogP contribution in [0.15, 0.2) is 42.7 Å².